The molecule has 0 spiro atoms. The fourth-order valence-corrected chi connectivity index (χ4v) is 1.78. The second kappa shape index (κ2) is 9.91. The second-order valence-corrected chi connectivity index (χ2v) is 5.42. The molecule has 0 saturated heterocycles. The number of ether oxygens (including phenoxy) is 1. The third-order valence-corrected chi connectivity index (χ3v) is 3.06. The van der Waals surface area contributed by atoms with Crippen molar-refractivity contribution in [2.45, 2.75) is 19.9 Å². The van der Waals surface area contributed by atoms with E-state index in [1.54, 1.807) is 44.2 Å². The van der Waals surface area contributed by atoms with Crippen molar-refractivity contribution in [2.24, 2.45) is 5.92 Å². The van der Waals surface area contributed by atoms with E-state index in [-0.39, 0.29) is 5.92 Å². The van der Waals surface area contributed by atoms with Crippen LogP contribution in [0.2, 0.25) is 0 Å². The Balaban J connectivity index is 2.54. The molecule has 0 heterocycles. The van der Waals surface area contributed by atoms with Gasteiger partial charge in [0, 0.05) is 12.7 Å². The van der Waals surface area contributed by atoms with Crippen molar-refractivity contribution in [2.75, 3.05) is 19.0 Å². The van der Waals surface area contributed by atoms with E-state index in [0.717, 1.165) is 0 Å². The van der Waals surface area contributed by atoms with Crippen LogP contribution in [0.25, 0.3) is 0 Å². The maximum Gasteiger partial charge on any atom is 0.329 e. The van der Waals surface area contributed by atoms with Gasteiger partial charge in [-0.25, -0.2) is 14.4 Å². The van der Waals surface area contributed by atoms with Gasteiger partial charge in [-0.3, -0.25) is 10.1 Å². The van der Waals surface area contributed by atoms with E-state index < -0.39 is 36.6 Å². The lowest BCUT2D eigenvalue weighted by molar-refractivity contribution is -0.151. The van der Waals surface area contributed by atoms with Gasteiger partial charge in [-0.1, -0.05) is 32.0 Å². The molecule has 0 radical (unpaired) electrons. The van der Waals surface area contributed by atoms with E-state index >= 15 is 0 Å². The molecule has 0 bridgehead atoms. The molecule has 9 nitrogen and oxygen atoms in total. The number of anilines is 1. The topological polar surface area (TPSA) is 126 Å². The molecule has 0 aliphatic heterocycles. The minimum absolute atomic E-state index is 0.268. The van der Waals surface area contributed by atoms with E-state index in [2.05, 4.69) is 16.0 Å². The van der Waals surface area contributed by atoms with Gasteiger partial charge in [0.15, 0.2) is 6.61 Å². The number of amides is 5. The number of carbonyl (C=O) groups is 4. The van der Waals surface area contributed by atoms with Crippen LogP contribution in [0.15, 0.2) is 30.3 Å². The summed E-state index contributed by atoms with van der Waals surface area (Å²) in [6.07, 6.45) is 0. The standard InChI is InChI=1S/C16H22N4O5/c1-10(2)13(14(22)25-9-12(21)19-15(23)17-3)20-16(24)18-11-7-5-4-6-8-11/h4-8,10,13H,9H2,1-3H3,(H2,18,20,24)(H2,17,19,21,23)/t13-/m1/s1. The largest absolute Gasteiger partial charge is 0.454 e. The van der Waals surface area contributed by atoms with Crippen molar-refractivity contribution in [1.29, 1.82) is 0 Å². The third-order valence-electron chi connectivity index (χ3n) is 3.06. The van der Waals surface area contributed by atoms with Crippen LogP contribution in [0, 0.1) is 5.92 Å². The van der Waals surface area contributed by atoms with Crippen LogP contribution in [-0.2, 0) is 14.3 Å². The van der Waals surface area contributed by atoms with Gasteiger partial charge in [0.1, 0.15) is 6.04 Å². The van der Waals surface area contributed by atoms with Crippen LogP contribution in [0.3, 0.4) is 0 Å². The number of esters is 1. The molecular formula is C16H22N4O5. The number of para-hydroxylation sites is 1. The number of benzene rings is 1. The first-order valence-corrected chi connectivity index (χ1v) is 7.64. The molecule has 9 heteroatoms. The minimum atomic E-state index is -0.948. The summed E-state index contributed by atoms with van der Waals surface area (Å²) < 4.78 is 4.85. The molecule has 0 aliphatic rings. The molecule has 4 N–H and O–H groups in total. The highest BCUT2D eigenvalue weighted by molar-refractivity contribution is 5.96. The third kappa shape index (κ3) is 7.34. The SMILES string of the molecule is CNC(=O)NC(=O)COC(=O)[C@H](NC(=O)Nc1ccccc1)C(C)C. The number of nitrogens with one attached hydrogen (secondary N) is 4. The van der Waals surface area contributed by atoms with Gasteiger partial charge in [-0.2, -0.15) is 0 Å². The molecule has 25 heavy (non-hydrogen) atoms. The van der Waals surface area contributed by atoms with Gasteiger partial charge in [0.25, 0.3) is 5.91 Å². The number of urea groups is 2. The lowest BCUT2D eigenvalue weighted by Crippen LogP contribution is -2.48. The predicted octanol–water partition coefficient (Wildman–Crippen LogP) is 0.831. The monoisotopic (exact) mass is 350 g/mol. The van der Waals surface area contributed by atoms with Gasteiger partial charge in [0.2, 0.25) is 0 Å². The first kappa shape index (κ1) is 19.9. The van der Waals surface area contributed by atoms with Gasteiger partial charge >= 0.3 is 18.0 Å². The number of hydrogen-bond donors (Lipinski definition) is 4. The molecule has 0 saturated carbocycles. The van der Waals surface area contributed by atoms with Crippen molar-refractivity contribution in [1.82, 2.24) is 16.0 Å². The summed E-state index contributed by atoms with van der Waals surface area (Å²) in [4.78, 5) is 46.5. The fourth-order valence-electron chi connectivity index (χ4n) is 1.78. The van der Waals surface area contributed by atoms with Gasteiger partial charge in [-0.15, -0.1) is 0 Å². The van der Waals surface area contributed by atoms with E-state index in [9.17, 15) is 19.2 Å². The van der Waals surface area contributed by atoms with E-state index in [4.69, 9.17) is 4.74 Å². The van der Waals surface area contributed by atoms with Crippen molar-refractivity contribution < 1.29 is 23.9 Å². The highest BCUT2D eigenvalue weighted by Gasteiger charge is 2.26. The summed E-state index contributed by atoms with van der Waals surface area (Å²) in [7, 11) is 1.35. The van der Waals surface area contributed by atoms with Crippen molar-refractivity contribution in [3.63, 3.8) is 0 Å². The molecule has 1 rings (SSSR count). The molecule has 0 fully saturated rings. The molecule has 0 unspecified atom stereocenters. The second-order valence-electron chi connectivity index (χ2n) is 5.42. The molecule has 0 aliphatic carbocycles. The Morgan fingerprint density at radius 2 is 1.68 bits per heavy atom. The fraction of sp³-hybridized carbons (Fsp3) is 0.375. The van der Waals surface area contributed by atoms with E-state index in [1.165, 1.54) is 7.05 Å². The Kier molecular flexibility index (Phi) is 7.91. The van der Waals surface area contributed by atoms with Crippen LogP contribution in [-0.4, -0.2) is 43.6 Å². The Labute approximate surface area is 145 Å². The van der Waals surface area contributed by atoms with Crippen molar-refractivity contribution in [3.05, 3.63) is 30.3 Å². The van der Waals surface area contributed by atoms with Gasteiger partial charge in [-0.05, 0) is 18.1 Å². The summed E-state index contributed by atoms with van der Waals surface area (Å²) in [5, 5.41) is 9.25. The average Bonchev–Trinajstić information content (AvgIpc) is 2.58. The predicted molar refractivity (Wildman–Crippen MR) is 90.8 cm³/mol. The van der Waals surface area contributed by atoms with Crippen molar-refractivity contribution >= 4 is 29.6 Å². The van der Waals surface area contributed by atoms with Crippen molar-refractivity contribution in [3.8, 4) is 0 Å². The Morgan fingerprint density at radius 1 is 1.04 bits per heavy atom. The summed E-state index contributed by atoms with van der Waals surface area (Å²) in [6.45, 7) is 2.82. The highest BCUT2D eigenvalue weighted by atomic mass is 16.5. The number of hydrogen-bond acceptors (Lipinski definition) is 5. The Hall–Kier alpha value is -3.10. The molecule has 0 aromatic heterocycles. The van der Waals surface area contributed by atoms with Crippen LogP contribution >= 0.6 is 0 Å². The Bertz CT molecular complexity index is 618. The molecule has 1 aromatic carbocycles. The zero-order valence-corrected chi connectivity index (χ0v) is 14.3. The first-order chi connectivity index (χ1) is 11.8. The summed E-state index contributed by atoms with van der Waals surface area (Å²) in [5.41, 5.74) is 0.570. The lowest BCUT2D eigenvalue weighted by atomic mass is 10.1. The van der Waals surface area contributed by atoms with Crippen LogP contribution < -0.4 is 21.3 Å². The smallest absolute Gasteiger partial charge is 0.329 e. The normalized spacial score (nSPS) is 11.2. The molecule has 136 valence electrons. The van der Waals surface area contributed by atoms with Crippen LogP contribution in [0.4, 0.5) is 15.3 Å². The van der Waals surface area contributed by atoms with Gasteiger partial charge in [0.05, 0.1) is 0 Å². The maximum absolute atomic E-state index is 12.1. The number of rotatable bonds is 6. The molecule has 1 atom stereocenters. The van der Waals surface area contributed by atoms with E-state index in [0.29, 0.717) is 5.69 Å². The van der Waals surface area contributed by atoms with E-state index in [1.807, 2.05) is 5.32 Å². The zero-order chi connectivity index (χ0) is 18.8. The molecule has 5 amide bonds. The van der Waals surface area contributed by atoms with Crippen LogP contribution in [0.1, 0.15) is 13.8 Å². The quantitative estimate of drug-likeness (QED) is 0.566. The Morgan fingerprint density at radius 3 is 2.24 bits per heavy atom. The molecular weight excluding hydrogens is 328 g/mol. The zero-order valence-electron chi connectivity index (χ0n) is 14.3. The average molecular weight is 350 g/mol. The lowest BCUT2D eigenvalue weighted by Gasteiger charge is -2.21. The summed E-state index contributed by atoms with van der Waals surface area (Å²) >= 11 is 0. The minimum Gasteiger partial charge on any atom is -0.454 e. The first-order valence-electron chi connectivity index (χ1n) is 7.64. The number of imide groups is 1. The molecule has 1 aromatic rings. The highest BCUT2D eigenvalue weighted by Crippen LogP contribution is 2.07. The summed E-state index contributed by atoms with van der Waals surface area (Å²) in [6, 6.07) is 6.50. The van der Waals surface area contributed by atoms with Crippen LogP contribution in [0.5, 0.6) is 0 Å². The van der Waals surface area contributed by atoms with Gasteiger partial charge < -0.3 is 20.7 Å². The summed E-state index contributed by atoms with van der Waals surface area (Å²) in [5.74, 6) is -1.81. The maximum atomic E-state index is 12.1. The number of carbonyl (C=O) groups excluding carboxylic acids is 4.